The third-order valence-electron chi connectivity index (χ3n) is 7.77. The predicted molar refractivity (Wildman–Crippen MR) is 180 cm³/mol. The van der Waals surface area contributed by atoms with Gasteiger partial charge in [-0.25, -0.2) is 9.79 Å². The minimum absolute atomic E-state index is 0.180. The highest BCUT2D eigenvalue weighted by atomic mass is 35.5. The van der Waals surface area contributed by atoms with Crippen molar-refractivity contribution in [3.63, 3.8) is 0 Å². The van der Waals surface area contributed by atoms with E-state index in [1.54, 1.807) is 50.8 Å². The molecule has 10 heteroatoms. The standard InChI is InChI=1S/C36H31ClN2O6S/c1-5-44-35(41)31-21(2)38-36-39(33(31)32-25-12-8-6-10-23(25)15-17-28(32)42-3)34(40)30(46-36)19-22-14-16-27(29(18-22)43-4)45-20-24-11-7-9-13-26(24)37/h6-19,33H,5,20H2,1-4H3/t33-/m1/s1. The van der Waals surface area contributed by atoms with E-state index in [9.17, 15) is 9.59 Å². The van der Waals surface area contributed by atoms with Crippen molar-refractivity contribution in [1.29, 1.82) is 0 Å². The molecule has 0 unspecified atom stereocenters. The third-order valence-corrected chi connectivity index (χ3v) is 9.12. The number of fused-ring (bicyclic) bond motifs is 2. The number of hydrogen-bond acceptors (Lipinski definition) is 8. The summed E-state index contributed by atoms with van der Waals surface area (Å²) in [6.45, 7) is 3.96. The molecule has 4 aromatic carbocycles. The van der Waals surface area contributed by atoms with Gasteiger partial charge < -0.3 is 18.9 Å². The van der Waals surface area contributed by atoms with Crippen molar-refractivity contribution < 1.29 is 23.7 Å². The Balaban J connectivity index is 1.48. The van der Waals surface area contributed by atoms with Crippen LogP contribution in [0.25, 0.3) is 16.8 Å². The summed E-state index contributed by atoms with van der Waals surface area (Å²) in [6, 6.07) is 23.7. The number of benzene rings is 4. The molecule has 0 spiro atoms. The Hall–Kier alpha value is -4.86. The summed E-state index contributed by atoms with van der Waals surface area (Å²) in [5.41, 5.74) is 2.74. The molecule has 0 saturated heterocycles. The van der Waals surface area contributed by atoms with Crippen LogP contribution in [0, 0.1) is 0 Å². The van der Waals surface area contributed by atoms with E-state index in [4.69, 9.17) is 35.5 Å². The number of methoxy groups -OCH3 is 2. The molecule has 1 atom stereocenters. The third kappa shape index (κ3) is 5.79. The largest absolute Gasteiger partial charge is 0.496 e. The number of carbonyl (C=O) groups excluding carboxylic acids is 1. The molecule has 0 amide bonds. The first-order chi connectivity index (χ1) is 22.3. The highest BCUT2D eigenvalue weighted by Crippen LogP contribution is 2.40. The molecule has 0 radical (unpaired) electrons. The molecular weight excluding hydrogens is 624 g/mol. The quantitative estimate of drug-likeness (QED) is 0.176. The van der Waals surface area contributed by atoms with Crippen molar-refractivity contribution in [2.75, 3.05) is 20.8 Å². The van der Waals surface area contributed by atoms with Gasteiger partial charge in [0.25, 0.3) is 5.56 Å². The number of hydrogen-bond donors (Lipinski definition) is 0. The molecule has 0 saturated carbocycles. The summed E-state index contributed by atoms with van der Waals surface area (Å²) in [4.78, 5) is 32.9. The molecular formula is C36H31ClN2O6S. The first-order valence-electron chi connectivity index (χ1n) is 14.6. The number of ether oxygens (including phenoxy) is 4. The van der Waals surface area contributed by atoms with Gasteiger partial charge in [0.2, 0.25) is 0 Å². The average molecular weight is 655 g/mol. The van der Waals surface area contributed by atoms with Crippen LogP contribution in [0.2, 0.25) is 5.02 Å². The number of aromatic nitrogens is 1. The van der Waals surface area contributed by atoms with Gasteiger partial charge in [0.15, 0.2) is 16.3 Å². The van der Waals surface area contributed by atoms with E-state index in [0.29, 0.717) is 42.9 Å². The molecule has 2 heterocycles. The van der Waals surface area contributed by atoms with Crippen LogP contribution in [-0.2, 0) is 16.1 Å². The Labute approximate surface area is 274 Å². The molecule has 1 aromatic heterocycles. The van der Waals surface area contributed by atoms with Gasteiger partial charge in [-0.3, -0.25) is 9.36 Å². The molecule has 234 valence electrons. The SMILES string of the molecule is CCOC(=O)C1=C(C)N=c2sc(=Cc3ccc(OCc4ccccc4Cl)c(OC)c3)c(=O)n2[C@H]1c1c(OC)ccc2ccccc12. The molecule has 0 N–H and O–H groups in total. The van der Waals surface area contributed by atoms with Crippen molar-refractivity contribution >= 4 is 45.8 Å². The van der Waals surface area contributed by atoms with Crippen LogP contribution in [0.1, 0.15) is 36.6 Å². The minimum Gasteiger partial charge on any atom is -0.496 e. The maximum atomic E-state index is 14.3. The first-order valence-corrected chi connectivity index (χ1v) is 15.8. The fraction of sp³-hybridized carbons (Fsp3) is 0.194. The van der Waals surface area contributed by atoms with E-state index in [0.717, 1.165) is 21.9 Å². The Morgan fingerprint density at radius 2 is 1.72 bits per heavy atom. The lowest BCUT2D eigenvalue weighted by Crippen LogP contribution is -2.40. The fourth-order valence-electron chi connectivity index (χ4n) is 5.62. The molecule has 8 nitrogen and oxygen atoms in total. The van der Waals surface area contributed by atoms with Gasteiger partial charge in [-0.05, 0) is 60.5 Å². The van der Waals surface area contributed by atoms with E-state index < -0.39 is 12.0 Å². The van der Waals surface area contributed by atoms with Crippen molar-refractivity contribution in [2.24, 2.45) is 4.99 Å². The number of thiazole rings is 1. The number of carbonyl (C=O) groups is 1. The molecule has 6 rings (SSSR count). The number of allylic oxidation sites excluding steroid dienone is 1. The Bertz CT molecular complexity index is 2190. The Morgan fingerprint density at radius 1 is 0.978 bits per heavy atom. The lowest BCUT2D eigenvalue weighted by molar-refractivity contribution is -0.139. The second kappa shape index (κ2) is 13.2. The van der Waals surface area contributed by atoms with E-state index in [1.165, 1.54) is 11.3 Å². The average Bonchev–Trinajstić information content (AvgIpc) is 3.37. The smallest absolute Gasteiger partial charge is 0.338 e. The summed E-state index contributed by atoms with van der Waals surface area (Å²) in [5.74, 6) is 1.06. The summed E-state index contributed by atoms with van der Waals surface area (Å²) in [7, 11) is 3.14. The second-order valence-electron chi connectivity index (χ2n) is 10.5. The maximum Gasteiger partial charge on any atom is 0.338 e. The normalized spacial score (nSPS) is 14.5. The zero-order valence-electron chi connectivity index (χ0n) is 25.7. The number of halogens is 1. The van der Waals surface area contributed by atoms with Crippen molar-refractivity contribution in [1.82, 2.24) is 4.57 Å². The summed E-state index contributed by atoms with van der Waals surface area (Å²) < 4.78 is 25.0. The monoisotopic (exact) mass is 654 g/mol. The zero-order valence-corrected chi connectivity index (χ0v) is 27.3. The van der Waals surface area contributed by atoms with Gasteiger partial charge in [0, 0.05) is 16.1 Å². The maximum absolute atomic E-state index is 14.3. The topological polar surface area (TPSA) is 88.4 Å². The van der Waals surface area contributed by atoms with E-state index >= 15 is 0 Å². The Morgan fingerprint density at radius 3 is 2.48 bits per heavy atom. The van der Waals surface area contributed by atoms with Gasteiger partial charge in [0.05, 0.1) is 36.6 Å². The zero-order chi connectivity index (χ0) is 32.4. The summed E-state index contributed by atoms with van der Waals surface area (Å²) in [6.07, 6.45) is 1.78. The van der Waals surface area contributed by atoms with Crippen LogP contribution in [-0.4, -0.2) is 31.4 Å². The van der Waals surface area contributed by atoms with Crippen molar-refractivity contribution in [2.45, 2.75) is 26.5 Å². The number of rotatable bonds is 9. The van der Waals surface area contributed by atoms with Gasteiger partial charge in [-0.15, -0.1) is 0 Å². The van der Waals surface area contributed by atoms with Crippen molar-refractivity contribution in [3.8, 4) is 17.2 Å². The molecule has 5 aromatic rings. The van der Waals surface area contributed by atoms with E-state index in [-0.39, 0.29) is 24.3 Å². The van der Waals surface area contributed by atoms with Crippen LogP contribution >= 0.6 is 22.9 Å². The summed E-state index contributed by atoms with van der Waals surface area (Å²) >= 11 is 7.54. The van der Waals surface area contributed by atoms with Gasteiger partial charge in [-0.1, -0.05) is 77.5 Å². The molecule has 0 aliphatic carbocycles. The van der Waals surface area contributed by atoms with Crippen LogP contribution in [0.5, 0.6) is 17.2 Å². The molecule has 46 heavy (non-hydrogen) atoms. The van der Waals surface area contributed by atoms with Crippen molar-refractivity contribution in [3.05, 3.63) is 132 Å². The number of esters is 1. The van der Waals surface area contributed by atoms with Gasteiger partial charge in [-0.2, -0.15) is 0 Å². The molecule has 0 bridgehead atoms. The van der Waals surface area contributed by atoms with Crippen LogP contribution in [0.4, 0.5) is 0 Å². The fourth-order valence-corrected chi connectivity index (χ4v) is 6.85. The van der Waals surface area contributed by atoms with Crippen LogP contribution < -0.4 is 29.1 Å². The minimum atomic E-state index is -0.825. The second-order valence-corrected chi connectivity index (χ2v) is 11.9. The molecule has 0 fully saturated rings. The van der Waals surface area contributed by atoms with E-state index in [1.807, 2.05) is 66.7 Å². The van der Waals surface area contributed by atoms with Gasteiger partial charge >= 0.3 is 5.97 Å². The van der Waals surface area contributed by atoms with Gasteiger partial charge in [0.1, 0.15) is 18.4 Å². The highest BCUT2D eigenvalue weighted by Gasteiger charge is 2.36. The van der Waals surface area contributed by atoms with Crippen LogP contribution in [0.15, 0.2) is 99.9 Å². The highest BCUT2D eigenvalue weighted by molar-refractivity contribution is 7.07. The lowest BCUT2D eigenvalue weighted by atomic mass is 9.90. The molecule has 1 aliphatic rings. The predicted octanol–water partition coefficient (Wildman–Crippen LogP) is 6.20. The lowest BCUT2D eigenvalue weighted by Gasteiger charge is -2.27. The first kappa shape index (κ1) is 31.1. The Kier molecular flexibility index (Phi) is 8.96. The van der Waals surface area contributed by atoms with E-state index in [2.05, 4.69) is 0 Å². The number of nitrogens with zero attached hydrogens (tertiary/aromatic N) is 2. The molecule has 1 aliphatic heterocycles. The summed E-state index contributed by atoms with van der Waals surface area (Å²) in [5, 5.41) is 2.42. The van der Waals surface area contributed by atoms with Crippen LogP contribution in [0.3, 0.4) is 0 Å².